The van der Waals surface area contributed by atoms with Gasteiger partial charge in [0.25, 0.3) is 0 Å². The molecule has 2 heterocycles. The van der Waals surface area contributed by atoms with Gasteiger partial charge in [-0.2, -0.15) is 5.10 Å². The first-order valence-electron chi connectivity index (χ1n) is 8.34. The van der Waals surface area contributed by atoms with E-state index in [9.17, 15) is 4.79 Å². The lowest BCUT2D eigenvalue weighted by Gasteiger charge is -2.18. The predicted octanol–water partition coefficient (Wildman–Crippen LogP) is 4.03. The lowest BCUT2D eigenvalue weighted by Crippen LogP contribution is -2.19. The van der Waals surface area contributed by atoms with E-state index in [0.717, 1.165) is 39.0 Å². The zero-order valence-electron chi connectivity index (χ0n) is 14.3. The third kappa shape index (κ3) is 2.67. The van der Waals surface area contributed by atoms with Gasteiger partial charge in [0.05, 0.1) is 23.1 Å². The second-order valence-corrected chi connectivity index (χ2v) is 6.53. The molecule has 1 atom stereocenters. The van der Waals surface area contributed by atoms with Gasteiger partial charge < -0.3 is 10.6 Å². The molecule has 0 spiro atoms. The maximum atomic E-state index is 12.1. The third-order valence-electron chi connectivity index (χ3n) is 4.61. The molecule has 2 N–H and O–H groups in total. The Morgan fingerprint density at radius 3 is 2.96 bits per heavy atom. The van der Waals surface area contributed by atoms with E-state index in [4.69, 9.17) is 0 Å². The van der Waals surface area contributed by atoms with Crippen molar-refractivity contribution in [3.63, 3.8) is 0 Å². The van der Waals surface area contributed by atoms with Crippen molar-refractivity contribution in [1.82, 2.24) is 9.78 Å². The summed E-state index contributed by atoms with van der Waals surface area (Å²) in [6.45, 7) is 5.90. The van der Waals surface area contributed by atoms with Crippen LogP contribution in [-0.4, -0.2) is 21.7 Å². The number of hydrogen-bond acceptors (Lipinski definition) is 3. The number of carbonyl (C=O) groups is 1. The summed E-state index contributed by atoms with van der Waals surface area (Å²) in [5.74, 6) is 0.0219. The number of nitrogens with zero attached hydrogens (tertiary/aromatic N) is 2. The molecule has 1 aliphatic rings. The van der Waals surface area contributed by atoms with Gasteiger partial charge in [0, 0.05) is 30.5 Å². The number of benzene rings is 2. The van der Waals surface area contributed by atoms with Crippen molar-refractivity contribution in [1.29, 1.82) is 0 Å². The van der Waals surface area contributed by atoms with Crippen LogP contribution in [0.2, 0.25) is 0 Å². The highest BCUT2D eigenvalue weighted by atomic mass is 16.1. The van der Waals surface area contributed by atoms with E-state index in [1.807, 2.05) is 30.9 Å². The minimum Gasteiger partial charge on any atom is -0.380 e. The summed E-state index contributed by atoms with van der Waals surface area (Å²) >= 11 is 0. The molecule has 0 unspecified atom stereocenters. The minimum absolute atomic E-state index is 0.0219. The molecule has 0 bridgehead atoms. The van der Waals surface area contributed by atoms with Gasteiger partial charge in [0.15, 0.2) is 0 Å². The van der Waals surface area contributed by atoms with Crippen molar-refractivity contribution in [2.75, 3.05) is 10.6 Å². The number of rotatable bonds is 2. The van der Waals surface area contributed by atoms with Gasteiger partial charge in [0.1, 0.15) is 0 Å². The van der Waals surface area contributed by atoms with Gasteiger partial charge in [-0.15, -0.1) is 0 Å². The van der Waals surface area contributed by atoms with Crippen molar-refractivity contribution in [3.8, 4) is 11.1 Å². The molecule has 1 amide bonds. The van der Waals surface area contributed by atoms with E-state index in [0.29, 0.717) is 6.42 Å². The van der Waals surface area contributed by atoms with Gasteiger partial charge in [0.2, 0.25) is 5.91 Å². The van der Waals surface area contributed by atoms with E-state index in [-0.39, 0.29) is 11.9 Å². The number of hydrogen-bond donors (Lipinski definition) is 2. The van der Waals surface area contributed by atoms with Crippen LogP contribution in [0.5, 0.6) is 0 Å². The standard InChI is InChI=1S/C20H20N4O/c1-4-13-8-16(14-5-6-18-15(10-14)11-21-24(18)3)20-17(9-13)23-19(25)7-12(2)22-20/h4-6,8-12,22H,1,7H2,2-3H3,(H,23,25)/t12-/m1/s1. The normalized spacial score (nSPS) is 16.7. The highest BCUT2D eigenvalue weighted by Crippen LogP contribution is 2.39. The fraction of sp³-hybridized carbons (Fsp3) is 0.200. The van der Waals surface area contributed by atoms with Crippen LogP contribution in [0, 0.1) is 0 Å². The van der Waals surface area contributed by atoms with Gasteiger partial charge in [-0.25, -0.2) is 0 Å². The first-order chi connectivity index (χ1) is 12.0. The number of nitrogens with one attached hydrogen (secondary N) is 2. The Balaban J connectivity index is 1.94. The molecule has 25 heavy (non-hydrogen) atoms. The van der Waals surface area contributed by atoms with E-state index < -0.39 is 0 Å². The fourth-order valence-corrected chi connectivity index (χ4v) is 3.37. The SMILES string of the molecule is C=Cc1cc2c(c(-c3ccc4c(cnn4C)c3)c1)N[C@H](C)CC(=O)N2. The van der Waals surface area contributed by atoms with Gasteiger partial charge in [-0.05, 0) is 42.3 Å². The molecule has 0 saturated carbocycles. The first kappa shape index (κ1) is 15.4. The number of carbonyl (C=O) groups excluding carboxylic acids is 1. The minimum atomic E-state index is 0.0219. The Labute approximate surface area is 146 Å². The smallest absolute Gasteiger partial charge is 0.226 e. The van der Waals surface area contributed by atoms with Crippen LogP contribution < -0.4 is 10.6 Å². The summed E-state index contributed by atoms with van der Waals surface area (Å²) in [7, 11) is 1.94. The monoisotopic (exact) mass is 332 g/mol. The largest absolute Gasteiger partial charge is 0.380 e. The topological polar surface area (TPSA) is 59.0 Å². The molecule has 1 aromatic heterocycles. The molecule has 0 radical (unpaired) electrons. The molecule has 0 saturated heterocycles. The van der Waals surface area contributed by atoms with E-state index in [1.165, 1.54) is 0 Å². The van der Waals surface area contributed by atoms with Crippen LogP contribution in [0.4, 0.5) is 11.4 Å². The summed E-state index contributed by atoms with van der Waals surface area (Å²) in [6.07, 6.45) is 4.11. The summed E-state index contributed by atoms with van der Waals surface area (Å²) in [6, 6.07) is 10.4. The summed E-state index contributed by atoms with van der Waals surface area (Å²) < 4.78 is 1.86. The maximum absolute atomic E-state index is 12.1. The molecule has 5 nitrogen and oxygen atoms in total. The predicted molar refractivity (Wildman–Crippen MR) is 103 cm³/mol. The summed E-state index contributed by atoms with van der Waals surface area (Å²) in [4.78, 5) is 12.1. The second-order valence-electron chi connectivity index (χ2n) is 6.53. The second kappa shape index (κ2) is 5.77. The third-order valence-corrected chi connectivity index (χ3v) is 4.61. The molecule has 4 rings (SSSR count). The average Bonchev–Trinajstić information content (AvgIpc) is 2.88. The molecule has 2 aromatic carbocycles. The van der Waals surface area contributed by atoms with Crippen molar-refractivity contribution in [2.24, 2.45) is 7.05 Å². The van der Waals surface area contributed by atoms with Crippen LogP contribution in [0.25, 0.3) is 28.1 Å². The lowest BCUT2D eigenvalue weighted by molar-refractivity contribution is -0.116. The average molecular weight is 332 g/mol. The van der Waals surface area contributed by atoms with Gasteiger partial charge in [-0.1, -0.05) is 18.7 Å². The van der Waals surface area contributed by atoms with Gasteiger partial charge in [-0.3, -0.25) is 9.48 Å². The van der Waals surface area contributed by atoms with Crippen molar-refractivity contribution in [2.45, 2.75) is 19.4 Å². The van der Waals surface area contributed by atoms with Crippen molar-refractivity contribution < 1.29 is 4.79 Å². The van der Waals surface area contributed by atoms with E-state index in [2.05, 4.69) is 46.6 Å². The number of amides is 1. The van der Waals surface area contributed by atoms with E-state index in [1.54, 1.807) is 6.08 Å². The van der Waals surface area contributed by atoms with Crippen LogP contribution >= 0.6 is 0 Å². The Hall–Kier alpha value is -3.08. The van der Waals surface area contributed by atoms with Crippen molar-refractivity contribution >= 4 is 34.3 Å². The molecule has 0 fully saturated rings. The quantitative estimate of drug-likeness (QED) is 0.745. The van der Waals surface area contributed by atoms with Crippen LogP contribution in [0.1, 0.15) is 18.9 Å². The molecule has 126 valence electrons. The zero-order valence-corrected chi connectivity index (χ0v) is 14.3. The number of fused-ring (bicyclic) bond motifs is 2. The summed E-state index contributed by atoms with van der Waals surface area (Å²) in [5.41, 5.74) is 5.93. The highest BCUT2D eigenvalue weighted by Gasteiger charge is 2.21. The maximum Gasteiger partial charge on any atom is 0.226 e. The van der Waals surface area contributed by atoms with E-state index >= 15 is 0 Å². The Bertz CT molecular complexity index is 1000. The van der Waals surface area contributed by atoms with Crippen LogP contribution in [-0.2, 0) is 11.8 Å². The lowest BCUT2D eigenvalue weighted by atomic mass is 9.98. The Morgan fingerprint density at radius 2 is 2.16 bits per heavy atom. The highest BCUT2D eigenvalue weighted by molar-refractivity contribution is 6.01. The first-order valence-corrected chi connectivity index (χ1v) is 8.34. The molecule has 5 heteroatoms. The van der Waals surface area contributed by atoms with Crippen LogP contribution in [0.3, 0.4) is 0 Å². The zero-order chi connectivity index (χ0) is 17.6. The summed E-state index contributed by atoms with van der Waals surface area (Å²) in [5, 5.41) is 11.9. The Morgan fingerprint density at radius 1 is 1.32 bits per heavy atom. The Kier molecular flexibility index (Phi) is 3.57. The molecule has 3 aromatic rings. The van der Waals surface area contributed by atoms with Crippen LogP contribution in [0.15, 0.2) is 43.1 Å². The molecular formula is C20H20N4O. The number of anilines is 2. The molecule has 1 aliphatic heterocycles. The van der Waals surface area contributed by atoms with Crippen molar-refractivity contribution in [3.05, 3.63) is 48.7 Å². The fourth-order valence-electron chi connectivity index (χ4n) is 3.37. The number of aromatic nitrogens is 2. The molecular weight excluding hydrogens is 312 g/mol. The number of aryl methyl sites for hydroxylation is 1. The van der Waals surface area contributed by atoms with Gasteiger partial charge >= 0.3 is 0 Å². The molecule has 0 aliphatic carbocycles.